The molecule has 5 heteroatoms. The molecule has 1 atom stereocenters. The van der Waals surface area contributed by atoms with Gasteiger partial charge in [0.15, 0.2) is 0 Å². The second-order valence-corrected chi connectivity index (χ2v) is 4.53. The molecule has 0 radical (unpaired) electrons. The second-order valence-electron chi connectivity index (χ2n) is 4.15. The van der Waals surface area contributed by atoms with Crippen molar-refractivity contribution in [3.8, 4) is 11.5 Å². The van der Waals surface area contributed by atoms with E-state index in [1.54, 1.807) is 20.1 Å². The van der Waals surface area contributed by atoms with E-state index in [0.717, 1.165) is 11.1 Å². The van der Waals surface area contributed by atoms with Crippen LogP contribution in [0.4, 0.5) is 0 Å². The zero-order chi connectivity index (χ0) is 13.9. The quantitative estimate of drug-likeness (QED) is 0.895. The van der Waals surface area contributed by atoms with Crippen LogP contribution in [0.25, 0.3) is 0 Å². The number of carboxylic acid groups (broad SMARTS) is 1. The smallest absolute Gasteiger partial charge is 0.306 e. The van der Waals surface area contributed by atoms with Crippen molar-refractivity contribution in [2.24, 2.45) is 5.92 Å². The lowest BCUT2D eigenvalue weighted by Crippen LogP contribution is -2.13. The van der Waals surface area contributed by atoms with Crippen molar-refractivity contribution < 1.29 is 19.4 Å². The number of aliphatic carboxylic acids is 1. The van der Waals surface area contributed by atoms with Crippen LogP contribution in [-0.4, -0.2) is 25.3 Å². The van der Waals surface area contributed by atoms with Crippen LogP contribution in [0, 0.1) is 12.8 Å². The number of ether oxygens (including phenoxy) is 2. The molecular formula is C13H17ClO4. The Bertz CT molecular complexity index is 457. The van der Waals surface area contributed by atoms with Gasteiger partial charge in [-0.15, -0.1) is 0 Å². The van der Waals surface area contributed by atoms with Gasteiger partial charge in [-0.3, -0.25) is 4.79 Å². The predicted molar refractivity (Wildman–Crippen MR) is 69.8 cm³/mol. The molecule has 0 aliphatic carbocycles. The molecule has 1 rings (SSSR count). The van der Waals surface area contributed by atoms with Crippen molar-refractivity contribution in [1.29, 1.82) is 0 Å². The lowest BCUT2D eigenvalue weighted by atomic mass is 9.98. The van der Waals surface area contributed by atoms with Gasteiger partial charge in [-0.1, -0.05) is 18.5 Å². The van der Waals surface area contributed by atoms with Gasteiger partial charge in [0.2, 0.25) is 0 Å². The molecule has 1 unspecified atom stereocenters. The zero-order valence-corrected chi connectivity index (χ0v) is 11.7. The summed E-state index contributed by atoms with van der Waals surface area (Å²) in [4.78, 5) is 10.9. The predicted octanol–water partition coefficient (Wildman–Crippen LogP) is 2.93. The van der Waals surface area contributed by atoms with E-state index in [1.807, 2.05) is 6.92 Å². The van der Waals surface area contributed by atoms with Crippen LogP contribution in [-0.2, 0) is 11.2 Å². The molecule has 0 aliphatic heterocycles. The fourth-order valence-corrected chi connectivity index (χ4v) is 2.04. The zero-order valence-electron chi connectivity index (χ0n) is 10.9. The summed E-state index contributed by atoms with van der Waals surface area (Å²) in [5, 5.41) is 9.41. The lowest BCUT2D eigenvalue weighted by Gasteiger charge is -2.16. The molecular weight excluding hydrogens is 256 g/mol. The van der Waals surface area contributed by atoms with Crippen molar-refractivity contribution in [3.63, 3.8) is 0 Å². The third kappa shape index (κ3) is 2.88. The maximum Gasteiger partial charge on any atom is 0.306 e. The first-order valence-electron chi connectivity index (χ1n) is 5.55. The summed E-state index contributed by atoms with van der Waals surface area (Å²) in [6, 6.07) is 1.78. The van der Waals surface area contributed by atoms with E-state index in [2.05, 4.69) is 0 Å². The van der Waals surface area contributed by atoms with Crippen LogP contribution in [0.3, 0.4) is 0 Å². The minimum atomic E-state index is -0.854. The highest BCUT2D eigenvalue weighted by atomic mass is 35.5. The molecule has 0 saturated carbocycles. The summed E-state index contributed by atoms with van der Waals surface area (Å²) in [5.74, 6) is -0.216. The number of rotatable bonds is 5. The molecule has 0 aromatic heterocycles. The number of methoxy groups -OCH3 is 2. The van der Waals surface area contributed by atoms with E-state index in [1.165, 1.54) is 7.11 Å². The number of carbonyl (C=O) groups is 1. The highest BCUT2D eigenvalue weighted by Gasteiger charge is 2.19. The van der Waals surface area contributed by atoms with E-state index in [9.17, 15) is 4.79 Å². The average molecular weight is 273 g/mol. The molecule has 0 heterocycles. The Kier molecular flexibility index (Phi) is 4.84. The standard InChI is InChI=1S/C13H17ClO4/c1-7(13(15)16)5-9-6-10(17-3)8(2)11(14)12(9)18-4/h6-7H,5H2,1-4H3,(H,15,16). The van der Waals surface area contributed by atoms with Gasteiger partial charge < -0.3 is 14.6 Å². The summed E-state index contributed by atoms with van der Waals surface area (Å²) < 4.78 is 10.5. The van der Waals surface area contributed by atoms with Crippen molar-refractivity contribution in [1.82, 2.24) is 0 Å². The maximum atomic E-state index is 10.9. The van der Waals surface area contributed by atoms with Gasteiger partial charge in [0.25, 0.3) is 0 Å². The fraction of sp³-hybridized carbons (Fsp3) is 0.462. The van der Waals surface area contributed by atoms with Gasteiger partial charge in [0.05, 0.1) is 25.2 Å². The Morgan fingerprint density at radius 1 is 1.44 bits per heavy atom. The third-order valence-corrected chi connectivity index (χ3v) is 3.32. The SMILES string of the molecule is COc1cc(CC(C)C(=O)O)c(OC)c(Cl)c1C. The summed E-state index contributed by atoms with van der Waals surface area (Å²) >= 11 is 6.19. The Hall–Kier alpha value is -1.42. The van der Waals surface area contributed by atoms with Crippen LogP contribution >= 0.6 is 11.6 Å². The summed E-state index contributed by atoms with van der Waals surface area (Å²) in [6.45, 7) is 3.47. The molecule has 0 saturated heterocycles. The third-order valence-electron chi connectivity index (χ3n) is 2.87. The average Bonchev–Trinajstić information content (AvgIpc) is 2.33. The summed E-state index contributed by atoms with van der Waals surface area (Å²) in [7, 11) is 3.07. The first kappa shape index (κ1) is 14.6. The van der Waals surface area contributed by atoms with Gasteiger partial charge in [-0.05, 0) is 19.4 Å². The van der Waals surface area contributed by atoms with Crippen molar-refractivity contribution >= 4 is 17.6 Å². The number of halogens is 1. The first-order valence-corrected chi connectivity index (χ1v) is 5.92. The van der Waals surface area contributed by atoms with Crippen LogP contribution in [0.2, 0.25) is 5.02 Å². The molecule has 1 aromatic rings. The topological polar surface area (TPSA) is 55.8 Å². The molecule has 1 aromatic carbocycles. The minimum Gasteiger partial charge on any atom is -0.496 e. The Morgan fingerprint density at radius 2 is 2.06 bits per heavy atom. The van der Waals surface area contributed by atoms with Gasteiger partial charge in [-0.2, -0.15) is 0 Å². The van der Waals surface area contributed by atoms with Crippen molar-refractivity contribution in [2.45, 2.75) is 20.3 Å². The van der Waals surface area contributed by atoms with E-state index in [0.29, 0.717) is 22.9 Å². The van der Waals surface area contributed by atoms with Crippen LogP contribution in [0.1, 0.15) is 18.1 Å². The normalized spacial score (nSPS) is 12.1. The van der Waals surface area contributed by atoms with Gasteiger partial charge in [-0.25, -0.2) is 0 Å². The first-order chi connectivity index (χ1) is 8.42. The molecule has 0 fully saturated rings. The van der Waals surface area contributed by atoms with E-state index in [4.69, 9.17) is 26.2 Å². The highest BCUT2D eigenvalue weighted by Crippen LogP contribution is 2.38. The molecule has 18 heavy (non-hydrogen) atoms. The van der Waals surface area contributed by atoms with Gasteiger partial charge in [0.1, 0.15) is 11.5 Å². The fourth-order valence-electron chi connectivity index (χ4n) is 1.75. The second kappa shape index (κ2) is 5.96. The monoisotopic (exact) mass is 272 g/mol. The van der Waals surface area contributed by atoms with Gasteiger partial charge >= 0.3 is 5.97 Å². The maximum absolute atomic E-state index is 10.9. The molecule has 0 amide bonds. The van der Waals surface area contributed by atoms with Crippen LogP contribution in [0.5, 0.6) is 11.5 Å². The van der Waals surface area contributed by atoms with Crippen molar-refractivity contribution in [2.75, 3.05) is 14.2 Å². The Labute approximate surface area is 111 Å². The Balaban J connectivity index is 3.25. The molecule has 4 nitrogen and oxygen atoms in total. The highest BCUT2D eigenvalue weighted by molar-refractivity contribution is 6.33. The van der Waals surface area contributed by atoms with E-state index in [-0.39, 0.29) is 0 Å². The molecule has 0 spiro atoms. The molecule has 0 bridgehead atoms. The van der Waals surface area contributed by atoms with E-state index >= 15 is 0 Å². The number of hydrogen-bond donors (Lipinski definition) is 1. The number of benzene rings is 1. The van der Waals surface area contributed by atoms with Crippen LogP contribution in [0.15, 0.2) is 6.07 Å². The number of carboxylic acids is 1. The van der Waals surface area contributed by atoms with Gasteiger partial charge in [0, 0.05) is 11.1 Å². The largest absolute Gasteiger partial charge is 0.496 e. The van der Waals surface area contributed by atoms with E-state index < -0.39 is 11.9 Å². The Morgan fingerprint density at radius 3 is 2.50 bits per heavy atom. The summed E-state index contributed by atoms with van der Waals surface area (Å²) in [6.07, 6.45) is 0.342. The summed E-state index contributed by atoms with van der Waals surface area (Å²) in [5.41, 5.74) is 1.52. The number of hydrogen-bond acceptors (Lipinski definition) is 3. The van der Waals surface area contributed by atoms with Crippen molar-refractivity contribution in [3.05, 3.63) is 22.2 Å². The van der Waals surface area contributed by atoms with Crippen LogP contribution < -0.4 is 9.47 Å². The molecule has 0 aliphatic rings. The molecule has 1 N–H and O–H groups in total. The molecule has 100 valence electrons. The lowest BCUT2D eigenvalue weighted by molar-refractivity contribution is -0.141. The minimum absolute atomic E-state index is 0.342.